The van der Waals surface area contributed by atoms with E-state index in [0.29, 0.717) is 24.2 Å². The molecule has 0 radical (unpaired) electrons. The Morgan fingerprint density at radius 3 is 2.38 bits per heavy atom. The molecule has 0 bridgehead atoms. The molecule has 0 aromatic rings. The van der Waals surface area contributed by atoms with Crippen LogP contribution in [-0.2, 0) is 4.79 Å². The van der Waals surface area contributed by atoms with Gasteiger partial charge in [0.25, 0.3) is 0 Å². The van der Waals surface area contributed by atoms with Gasteiger partial charge >= 0.3 is 5.97 Å². The zero-order valence-corrected chi connectivity index (χ0v) is 18.3. The lowest BCUT2D eigenvalue weighted by Crippen LogP contribution is -2.60. The molecule has 4 aliphatic carbocycles. The van der Waals surface area contributed by atoms with Crippen LogP contribution >= 0.6 is 0 Å². The van der Waals surface area contributed by atoms with Gasteiger partial charge in [0.2, 0.25) is 0 Å². The highest BCUT2D eigenvalue weighted by molar-refractivity contribution is 5.66. The van der Waals surface area contributed by atoms with E-state index in [9.17, 15) is 20.1 Å². The van der Waals surface area contributed by atoms with Crippen LogP contribution in [0.4, 0.5) is 0 Å². The lowest BCUT2D eigenvalue weighted by molar-refractivity contribution is -0.185. The van der Waals surface area contributed by atoms with Gasteiger partial charge < -0.3 is 20.4 Å². The quantitative estimate of drug-likeness (QED) is 0.571. The van der Waals surface area contributed by atoms with Crippen molar-refractivity contribution < 1.29 is 25.2 Å². The number of carbonyl (C=O) groups is 1. The van der Waals surface area contributed by atoms with E-state index in [0.717, 1.165) is 44.9 Å². The average molecular weight is 409 g/mol. The van der Waals surface area contributed by atoms with Crippen molar-refractivity contribution in [2.45, 2.75) is 96.9 Å². The van der Waals surface area contributed by atoms with Gasteiger partial charge in [0.1, 0.15) is 0 Å². The summed E-state index contributed by atoms with van der Waals surface area (Å²) in [6.45, 7) is 6.83. The Hall–Kier alpha value is -0.650. The van der Waals surface area contributed by atoms with Gasteiger partial charge in [0, 0.05) is 6.42 Å². The largest absolute Gasteiger partial charge is 0.481 e. The molecule has 11 unspecified atom stereocenters. The van der Waals surface area contributed by atoms with Crippen molar-refractivity contribution >= 4 is 5.97 Å². The summed E-state index contributed by atoms with van der Waals surface area (Å²) in [5.41, 5.74) is 0.119. The van der Waals surface area contributed by atoms with E-state index in [4.69, 9.17) is 5.11 Å². The molecule has 4 rings (SSSR count). The number of carboxylic acid groups (broad SMARTS) is 1. The molecule has 166 valence electrons. The maximum atomic E-state index is 11.3. The first-order valence-electron chi connectivity index (χ1n) is 11.8. The predicted octanol–water partition coefficient (Wildman–Crippen LogP) is 3.45. The van der Waals surface area contributed by atoms with Gasteiger partial charge in [-0.05, 0) is 97.7 Å². The number of fused-ring (bicyclic) bond motifs is 5. The monoisotopic (exact) mass is 408 g/mol. The summed E-state index contributed by atoms with van der Waals surface area (Å²) < 4.78 is 0. The first-order chi connectivity index (χ1) is 13.6. The van der Waals surface area contributed by atoms with Crippen LogP contribution in [0.5, 0.6) is 0 Å². The summed E-state index contributed by atoms with van der Waals surface area (Å²) in [5, 5.41) is 41.8. The second kappa shape index (κ2) is 7.49. The van der Waals surface area contributed by atoms with Crippen molar-refractivity contribution in [3.63, 3.8) is 0 Å². The third-order valence-electron chi connectivity index (χ3n) is 10.2. The molecule has 0 aromatic carbocycles. The van der Waals surface area contributed by atoms with Crippen molar-refractivity contribution in [3.8, 4) is 0 Å². The number of aliphatic hydroxyl groups excluding tert-OH is 3. The summed E-state index contributed by atoms with van der Waals surface area (Å²) in [5.74, 6) is 0.826. The Kier molecular flexibility index (Phi) is 5.57. The first-order valence-corrected chi connectivity index (χ1v) is 11.8. The van der Waals surface area contributed by atoms with E-state index in [-0.39, 0.29) is 41.1 Å². The molecule has 0 aliphatic heterocycles. The molecule has 29 heavy (non-hydrogen) atoms. The molecule has 5 heteroatoms. The topological polar surface area (TPSA) is 98.0 Å². The second-order valence-electron chi connectivity index (χ2n) is 11.5. The van der Waals surface area contributed by atoms with Crippen LogP contribution in [0, 0.1) is 46.3 Å². The number of hydrogen-bond acceptors (Lipinski definition) is 4. The molecule has 0 amide bonds. The third-order valence-corrected chi connectivity index (χ3v) is 10.2. The fraction of sp³-hybridized carbons (Fsp3) is 0.958. The van der Waals surface area contributed by atoms with E-state index in [1.54, 1.807) is 0 Å². The van der Waals surface area contributed by atoms with E-state index in [1.165, 1.54) is 0 Å². The lowest BCUT2D eigenvalue weighted by atomic mass is 9.43. The minimum Gasteiger partial charge on any atom is -0.481 e. The Morgan fingerprint density at radius 2 is 1.69 bits per heavy atom. The lowest BCUT2D eigenvalue weighted by Gasteiger charge is -2.62. The van der Waals surface area contributed by atoms with Crippen molar-refractivity contribution in [3.05, 3.63) is 0 Å². The molecule has 0 saturated heterocycles. The van der Waals surface area contributed by atoms with Crippen LogP contribution in [0.1, 0.15) is 78.6 Å². The van der Waals surface area contributed by atoms with Crippen molar-refractivity contribution in [1.29, 1.82) is 0 Å². The first kappa shape index (κ1) is 21.6. The van der Waals surface area contributed by atoms with Gasteiger partial charge in [0.15, 0.2) is 0 Å². The van der Waals surface area contributed by atoms with E-state index >= 15 is 0 Å². The SMILES string of the molecule is CC(CCC(=O)O)C1CC(O)C2C3C(O)CC4CC(O)CCC4(C)C3CCC12C. The van der Waals surface area contributed by atoms with Crippen LogP contribution in [0.25, 0.3) is 0 Å². The minimum atomic E-state index is -0.748. The summed E-state index contributed by atoms with van der Waals surface area (Å²) in [6, 6.07) is 0. The zero-order chi connectivity index (χ0) is 21.1. The molecule has 5 nitrogen and oxygen atoms in total. The summed E-state index contributed by atoms with van der Waals surface area (Å²) in [4.78, 5) is 11.1. The molecule has 11 atom stereocenters. The molecule has 0 heterocycles. The Labute approximate surface area is 174 Å². The highest BCUT2D eigenvalue weighted by Gasteiger charge is 2.65. The second-order valence-corrected chi connectivity index (χ2v) is 11.5. The van der Waals surface area contributed by atoms with Crippen molar-refractivity contribution in [2.75, 3.05) is 0 Å². The maximum Gasteiger partial charge on any atom is 0.303 e. The average Bonchev–Trinajstić information content (AvgIpc) is 2.92. The molecule has 0 aromatic heterocycles. The van der Waals surface area contributed by atoms with E-state index in [1.807, 2.05) is 0 Å². The normalized spacial score (nSPS) is 52.9. The molecule has 4 aliphatic rings. The molecule has 4 saturated carbocycles. The Balaban J connectivity index is 1.60. The van der Waals surface area contributed by atoms with Crippen molar-refractivity contribution in [1.82, 2.24) is 0 Å². The molecule has 0 spiro atoms. The van der Waals surface area contributed by atoms with Crippen molar-refractivity contribution in [2.24, 2.45) is 46.3 Å². The highest BCUT2D eigenvalue weighted by Crippen LogP contribution is 2.68. The Morgan fingerprint density at radius 1 is 1.00 bits per heavy atom. The van der Waals surface area contributed by atoms with Gasteiger partial charge in [-0.1, -0.05) is 20.8 Å². The van der Waals surface area contributed by atoms with Crippen LogP contribution in [0.2, 0.25) is 0 Å². The predicted molar refractivity (Wildman–Crippen MR) is 110 cm³/mol. The standard InChI is InChI=1S/C24H40O5/c1-13(4-5-20(28)29)17-12-19(27)22-21-16(7-9-24(17,22)3)23(2)8-6-15(25)10-14(23)11-18(21)26/h13-19,21-22,25-27H,4-12H2,1-3H3,(H,28,29). The fourth-order valence-corrected chi connectivity index (χ4v) is 8.73. The molecule has 4 fully saturated rings. The summed E-state index contributed by atoms with van der Waals surface area (Å²) in [6.07, 6.45) is 6.07. The Bertz CT molecular complexity index is 637. The minimum absolute atomic E-state index is 0.0309. The van der Waals surface area contributed by atoms with Gasteiger partial charge in [-0.15, -0.1) is 0 Å². The van der Waals surface area contributed by atoms with E-state index < -0.39 is 18.2 Å². The smallest absolute Gasteiger partial charge is 0.303 e. The van der Waals surface area contributed by atoms with Gasteiger partial charge in [0.05, 0.1) is 18.3 Å². The van der Waals surface area contributed by atoms with Gasteiger partial charge in [-0.3, -0.25) is 4.79 Å². The molecular formula is C24H40O5. The molecule has 4 N–H and O–H groups in total. The summed E-state index contributed by atoms with van der Waals surface area (Å²) in [7, 11) is 0. The molecular weight excluding hydrogens is 368 g/mol. The zero-order valence-electron chi connectivity index (χ0n) is 18.3. The number of carboxylic acids is 1. The number of aliphatic hydroxyl groups is 3. The summed E-state index contributed by atoms with van der Waals surface area (Å²) >= 11 is 0. The van der Waals surface area contributed by atoms with Crippen LogP contribution in [0.3, 0.4) is 0 Å². The van der Waals surface area contributed by atoms with Crippen LogP contribution in [0.15, 0.2) is 0 Å². The number of rotatable bonds is 4. The van der Waals surface area contributed by atoms with E-state index in [2.05, 4.69) is 20.8 Å². The van der Waals surface area contributed by atoms with Gasteiger partial charge in [-0.2, -0.15) is 0 Å². The number of aliphatic carboxylic acids is 1. The highest BCUT2D eigenvalue weighted by atomic mass is 16.4. The number of hydrogen-bond donors (Lipinski definition) is 4. The van der Waals surface area contributed by atoms with Crippen LogP contribution in [-0.4, -0.2) is 44.7 Å². The third kappa shape index (κ3) is 3.36. The van der Waals surface area contributed by atoms with Crippen LogP contribution < -0.4 is 0 Å². The van der Waals surface area contributed by atoms with Gasteiger partial charge in [-0.25, -0.2) is 0 Å². The fourth-order valence-electron chi connectivity index (χ4n) is 8.73. The maximum absolute atomic E-state index is 11.3.